The molecule has 3 aromatic carbocycles. The largest absolute Gasteiger partial charge is 0.302 e. The number of halogens is 1. The Morgan fingerprint density at radius 2 is 1.56 bits per heavy atom. The van der Waals surface area contributed by atoms with Crippen molar-refractivity contribution in [1.82, 2.24) is 14.8 Å². The number of anilines is 2. The second kappa shape index (κ2) is 9.13. The van der Waals surface area contributed by atoms with Gasteiger partial charge in [0.25, 0.3) is 0 Å². The molecule has 1 aromatic heterocycles. The lowest BCUT2D eigenvalue weighted by molar-refractivity contribution is -0.115. The van der Waals surface area contributed by atoms with Crippen LogP contribution in [-0.2, 0) is 11.3 Å². The summed E-state index contributed by atoms with van der Waals surface area (Å²) in [6, 6.07) is 24.1. The average molecular weight is 523 g/mol. The predicted octanol–water partition coefficient (Wildman–Crippen LogP) is 6.65. The van der Waals surface area contributed by atoms with E-state index in [0.29, 0.717) is 0 Å². The first kappa shape index (κ1) is 21.3. The molecule has 1 aliphatic heterocycles. The summed E-state index contributed by atoms with van der Waals surface area (Å²) in [4.78, 5) is 17.4. The molecule has 0 radical (unpaired) electrons. The fourth-order valence-electron chi connectivity index (χ4n) is 3.66. The molecule has 0 spiro atoms. The van der Waals surface area contributed by atoms with Gasteiger partial charge in [-0.05, 0) is 43.3 Å². The highest BCUT2D eigenvalue weighted by Crippen LogP contribution is 2.48. The molecule has 4 aromatic rings. The number of benzene rings is 3. The number of rotatable bonds is 5. The predicted molar refractivity (Wildman–Crippen MR) is 134 cm³/mol. The number of amides is 1. The second-order valence-corrected chi connectivity index (χ2v) is 10.1. The molecular formula is C24H19BrN4OS2. The fraction of sp³-hybridized carbons (Fsp3) is 0.125. The van der Waals surface area contributed by atoms with Gasteiger partial charge in [0.15, 0.2) is 11.0 Å². The van der Waals surface area contributed by atoms with E-state index in [1.807, 2.05) is 65.6 Å². The SMILES string of the molecule is CCn1c(SCC(=O)N2c3ccccc3Sc3ccccc32)nnc1-c1ccc(Br)cc1. The molecule has 0 aliphatic carbocycles. The van der Waals surface area contributed by atoms with Crippen LogP contribution in [0.3, 0.4) is 0 Å². The van der Waals surface area contributed by atoms with E-state index in [4.69, 9.17) is 0 Å². The summed E-state index contributed by atoms with van der Waals surface area (Å²) >= 11 is 6.59. The lowest BCUT2D eigenvalue weighted by Crippen LogP contribution is -2.30. The molecule has 0 unspecified atom stereocenters. The molecule has 1 aliphatic rings. The van der Waals surface area contributed by atoms with E-state index in [9.17, 15) is 4.79 Å². The van der Waals surface area contributed by atoms with Gasteiger partial charge in [0.1, 0.15) is 0 Å². The molecule has 1 amide bonds. The number of thioether (sulfide) groups is 1. The minimum absolute atomic E-state index is 0.0195. The number of hydrogen-bond donors (Lipinski definition) is 0. The van der Waals surface area contributed by atoms with Gasteiger partial charge in [-0.15, -0.1) is 10.2 Å². The van der Waals surface area contributed by atoms with Gasteiger partial charge >= 0.3 is 0 Å². The summed E-state index contributed by atoms with van der Waals surface area (Å²) in [5.41, 5.74) is 2.85. The van der Waals surface area contributed by atoms with E-state index in [0.717, 1.165) is 48.7 Å². The molecule has 0 saturated carbocycles. The average Bonchev–Trinajstić information content (AvgIpc) is 3.24. The highest BCUT2D eigenvalue weighted by atomic mass is 79.9. The van der Waals surface area contributed by atoms with Crippen molar-refractivity contribution in [2.45, 2.75) is 28.4 Å². The van der Waals surface area contributed by atoms with Crippen molar-refractivity contribution in [3.05, 3.63) is 77.3 Å². The van der Waals surface area contributed by atoms with Gasteiger partial charge in [-0.2, -0.15) is 0 Å². The lowest BCUT2D eigenvalue weighted by atomic mass is 10.2. The van der Waals surface area contributed by atoms with Crippen LogP contribution in [-0.4, -0.2) is 26.4 Å². The van der Waals surface area contributed by atoms with Gasteiger partial charge in [-0.3, -0.25) is 9.69 Å². The molecule has 0 bridgehead atoms. The van der Waals surface area contributed by atoms with Crippen LogP contribution in [0.25, 0.3) is 11.4 Å². The lowest BCUT2D eigenvalue weighted by Gasteiger charge is -2.30. The molecule has 2 heterocycles. The Labute approximate surface area is 203 Å². The summed E-state index contributed by atoms with van der Waals surface area (Å²) in [6.07, 6.45) is 0. The van der Waals surface area contributed by atoms with Gasteiger partial charge in [0.05, 0.1) is 17.1 Å². The number of para-hydroxylation sites is 2. The second-order valence-electron chi connectivity index (χ2n) is 7.11. The van der Waals surface area contributed by atoms with Crippen LogP contribution >= 0.6 is 39.5 Å². The Hall–Kier alpha value is -2.55. The monoisotopic (exact) mass is 522 g/mol. The fourth-order valence-corrected chi connectivity index (χ4v) is 5.83. The maximum Gasteiger partial charge on any atom is 0.242 e. The number of nitrogens with zero attached hydrogens (tertiary/aromatic N) is 4. The molecule has 8 heteroatoms. The first-order valence-corrected chi connectivity index (χ1v) is 12.8. The Bertz CT molecular complexity index is 1240. The van der Waals surface area contributed by atoms with Gasteiger partial charge in [-0.1, -0.05) is 75.9 Å². The van der Waals surface area contributed by atoms with Crippen LogP contribution in [0, 0.1) is 0 Å². The van der Waals surface area contributed by atoms with Crippen molar-refractivity contribution >= 4 is 56.7 Å². The number of aromatic nitrogens is 3. The molecule has 0 atom stereocenters. The van der Waals surface area contributed by atoms with E-state index in [1.54, 1.807) is 11.8 Å². The zero-order valence-electron chi connectivity index (χ0n) is 17.2. The molecule has 5 nitrogen and oxygen atoms in total. The first-order valence-electron chi connectivity index (χ1n) is 10.2. The molecule has 5 rings (SSSR count). The van der Waals surface area contributed by atoms with E-state index in [2.05, 4.69) is 49.8 Å². The van der Waals surface area contributed by atoms with Crippen LogP contribution in [0.2, 0.25) is 0 Å². The van der Waals surface area contributed by atoms with E-state index < -0.39 is 0 Å². The third-order valence-electron chi connectivity index (χ3n) is 5.14. The minimum Gasteiger partial charge on any atom is -0.302 e. The van der Waals surface area contributed by atoms with Crippen molar-refractivity contribution in [3.8, 4) is 11.4 Å². The van der Waals surface area contributed by atoms with Gasteiger partial charge < -0.3 is 4.57 Å². The molecule has 160 valence electrons. The minimum atomic E-state index is 0.0195. The summed E-state index contributed by atoms with van der Waals surface area (Å²) < 4.78 is 3.07. The number of carbonyl (C=O) groups is 1. The third kappa shape index (κ3) is 3.98. The van der Waals surface area contributed by atoms with Gasteiger partial charge in [0, 0.05) is 26.4 Å². The number of fused-ring (bicyclic) bond motifs is 2. The van der Waals surface area contributed by atoms with Crippen LogP contribution in [0.15, 0.2) is 92.2 Å². The Morgan fingerprint density at radius 3 is 2.19 bits per heavy atom. The Kier molecular flexibility index (Phi) is 6.08. The van der Waals surface area contributed by atoms with Crippen molar-refractivity contribution in [2.24, 2.45) is 0 Å². The Balaban J connectivity index is 1.41. The smallest absolute Gasteiger partial charge is 0.242 e. The number of hydrogen-bond acceptors (Lipinski definition) is 5. The van der Waals surface area contributed by atoms with E-state index in [-0.39, 0.29) is 11.7 Å². The molecule has 32 heavy (non-hydrogen) atoms. The van der Waals surface area contributed by atoms with E-state index >= 15 is 0 Å². The molecular weight excluding hydrogens is 504 g/mol. The van der Waals surface area contributed by atoms with Crippen LogP contribution < -0.4 is 4.90 Å². The zero-order valence-corrected chi connectivity index (χ0v) is 20.5. The van der Waals surface area contributed by atoms with E-state index in [1.165, 1.54) is 11.8 Å². The van der Waals surface area contributed by atoms with Crippen molar-refractivity contribution in [3.63, 3.8) is 0 Å². The van der Waals surface area contributed by atoms with Crippen LogP contribution in [0.4, 0.5) is 11.4 Å². The highest BCUT2D eigenvalue weighted by molar-refractivity contribution is 9.10. The maximum atomic E-state index is 13.4. The maximum absolute atomic E-state index is 13.4. The van der Waals surface area contributed by atoms with Crippen LogP contribution in [0.5, 0.6) is 0 Å². The summed E-state index contributed by atoms with van der Waals surface area (Å²) in [5, 5.41) is 9.52. The van der Waals surface area contributed by atoms with Gasteiger partial charge in [-0.25, -0.2) is 0 Å². The summed E-state index contributed by atoms with van der Waals surface area (Å²) in [5.74, 6) is 1.09. The highest BCUT2D eigenvalue weighted by Gasteiger charge is 2.28. The summed E-state index contributed by atoms with van der Waals surface area (Å²) in [6.45, 7) is 2.78. The third-order valence-corrected chi connectivity index (χ3v) is 7.75. The molecule has 0 saturated heterocycles. The standard InChI is InChI=1S/C24H19BrN4OS2/c1-2-28-23(16-11-13-17(25)14-12-16)26-27-24(28)31-15-22(30)29-18-7-3-5-9-20(18)32-21-10-6-4-8-19(21)29/h3-14H,2,15H2,1H3. The van der Waals surface area contributed by atoms with Crippen LogP contribution in [0.1, 0.15) is 6.92 Å². The first-order chi connectivity index (χ1) is 15.7. The quantitative estimate of drug-likeness (QED) is 0.274. The normalized spacial score (nSPS) is 12.4. The van der Waals surface area contributed by atoms with Crippen molar-refractivity contribution in [1.29, 1.82) is 0 Å². The topological polar surface area (TPSA) is 51.0 Å². The zero-order chi connectivity index (χ0) is 22.1. The van der Waals surface area contributed by atoms with Crippen molar-refractivity contribution in [2.75, 3.05) is 10.7 Å². The van der Waals surface area contributed by atoms with Crippen molar-refractivity contribution < 1.29 is 4.79 Å². The Morgan fingerprint density at radius 1 is 0.938 bits per heavy atom. The van der Waals surface area contributed by atoms with Gasteiger partial charge in [0.2, 0.25) is 5.91 Å². The molecule has 0 N–H and O–H groups in total. The molecule has 0 fully saturated rings. The number of carbonyl (C=O) groups excluding carboxylic acids is 1. The summed E-state index contributed by atoms with van der Waals surface area (Å²) in [7, 11) is 0.